The van der Waals surface area contributed by atoms with Crippen LogP contribution in [0.4, 0.5) is 11.4 Å². The van der Waals surface area contributed by atoms with Gasteiger partial charge >= 0.3 is 0 Å². The number of carbonyl (C=O) groups is 2. The SMILES string of the molecule is O=C(Nc1ccc2c(c1)N(C(=O)c1ccco1)CC2)c1nc2ccccc2s1. The Morgan fingerprint density at radius 3 is 2.82 bits per heavy atom. The molecule has 0 fully saturated rings. The number of nitrogens with one attached hydrogen (secondary N) is 1. The van der Waals surface area contributed by atoms with Crippen LogP contribution < -0.4 is 10.2 Å². The van der Waals surface area contributed by atoms with Gasteiger partial charge in [-0.1, -0.05) is 18.2 Å². The molecule has 7 heteroatoms. The molecule has 4 aromatic rings. The van der Waals surface area contributed by atoms with Crippen LogP contribution in [0.1, 0.15) is 25.9 Å². The zero-order valence-electron chi connectivity index (χ0n) is 14.7. The predicted molar refractivity (Wildman–Crippen MR) is 108 cm³/mol. The van der Waals surface area contributed by atoms with Crippen molar-refractivity contribution in [1.82, 2.24) is 4.98 Å². The van der Waals surface area contributed by atoms with Gasteiger partial charge < -0.3 is 14.6 Å². The summed E-state index contributed by atoms with van der Waals surface area (Å²) in [5.41, 5.74) is 3.30. The molecular weight excluding hydrogens is 374 g/mol. The van der Waals surface area contributed by atoms with Gasteiger partial charge in [-0.25, -0.2) is 4.98 Å². The lowest BCUT2D eigenvalue weighted by Gasteiger charge is -2.16. The molecule has 5 rings (SSSR count). The van der Waals surface area contributed by atoms with Crippen LogP contribution in [0.25, 0.3) is 10.2 Å². The quantitative estimate of drug-likeness (QED) is 0.565. The number of furan rings is 1. The van der Waals surface area contributed by atoms with Gasteiger partial charge in [0.1, 0.15) is 0 Å². The van der Waals surface area contributed by atoms with Crippen LogP contribution in [0.3, 0.4) is 0 Å². The number of nitrogens with zero attached hydrogens (tertiary/aromatic N) is 2. The van der Waals surface area contributed by atoms with Gasteiger partial charge in [0.2, 0.25) is 0 Å². The van der Waals surface area contributed by atoms with Gasteiger partial charge in [0, 0.05) is 17.9 Å². The minimum atomic E-state index is -0.261. The van der Waals surface area contributed by atoms with Crippen molar-refractivity contribution < 1.29 is 14.0 Å². The first-order valence-electron chi connectivity index (χ1n) is 8.84. The van der Waals surface area contributed by atoms with E-state index in [9.17, 15) is 9.59 Å². The number of benzene rings is 2. The number of amides is 2. The Morgan fingerprint density at radius 1 is 1.11 bits per heavy atom. The number of rotatable bonds is 3. The smallest absolute Gasteiger partial charge is 0.293 e. The van der Waals surface area contributed by atoms with Crippen LogP contribution in [0.15, 0.2) is 65.3 Å². The third-order valence-corrected chi connectivity index (χ3v) is 5.74. The average Bonchev–Trinajstić information content (AvgIpc) is 3.45. The van der Waals surface area contributed by atoms with Gasteiger partial charge in [0.25, 0.3) is 11.8 Å². The summed E-state index contributed by atoms with van der Waals surface area (Å²) in [5.74, 6) is -0.141. The van der Waals surface area contributed by atoms with Gasteiger partial charge in [-0.3, -0.25) is 9.59 Å². The summed E-state index contributed by atoms with van der Waals surface area (Å²) in [6, 6.07) is 16.6. The predicted octanol–water partition coefficient (Wildman–Crippen LogP) is 4.34. The van der Waals surface area contributed by atoms with Crippen LogP contribution in [0.2, 0.25) is 0 Å². The normalized spacial score (nSPS) is 12.9. The Bertz CT molecular complexity index is 1160. The molecule has 28 heavy (non-hydrogen) atoms. The van der Waals surface area contributed by atoms with Crippen molar-refractivity contribution in [3.63, 3.8) is 0 Å². The average molecular weight is 389 g/mol. The molecule has 0 saturated heterocycles. The summed E-state index contributed by atoms with van der Waals surface area (Å²) in [6.45, 7) is 0.587. The topological polar surface area (TPSA) is 75.4 Å². The summed E-state index contributed by atoms with van der Waals surface area (Å²) < 4.78 is 6.21. The van der Waals surface area contributed by atoms with Crippen molar-refractivity contribution in [2.45, 2.75) is 6.42 Å². The van der Waals surface area contributed by atoms with Crippen LogP contribution in [0.5, 0.6) is 0 Å². The molecule has 138 valence electrons. The zero-order valence-corrected chi connectivity index (χ0v) is 15.5. The van der Waals surface area contributed by atoms with E-state index in [4.69, 9.17) is 4.42 Å². The Kier molecular flexibility index (Phi) is 3.95. The lowest BCUT2D eigenvalue weighted by molar-refractivity contribution is 0.0962. The third-order valence-electron chi connectivity index (χ3n) is 4.70. The largest absolute Gasteiger partial charge is 0.459 e. The molecule has 2 amide bonds. The molecule has 0 atom stereocenters. The first kappa shape index (κ1) is 16.7. The molecular formula is C21H15N3O3S. The molecule has 0 radical (unpaired) electrons. The van der Waals surface area contributed by atoms with Gasteiger partial charge in [-0.15, -0.1) is 11.3 Å². The number of fused-ring (bicyclic) bond motifs is 2. The van der Waals surface area contributed by atoms with E-state index < -0.39 is 0 Å². The molecule has 0 bridgehead atoms. The molecule has 1 aliphatic rings. The van der Waals surface area contributed by atoms with Crippen molar-refractivity contribution in [2.75, 3.05) is 16.8 Å². The van der Waals surface area contributed by atoms with Crippen molar-refractivity contribution >= 4 is 44.7 Å². The second-order valence-corrected chi connectivity index (χ2v) is 7.50. The maximum absolute atomic E-state index is 12.7. The Balaban J connectivity index is 1.40. The third kappa shape index (κ3) is 2.86. The Hall–Kier alpha value is -3.45. The fourth-order valence-electron chi connectivity index (χ4n) is 3.36. The Morgan fingerprint density at radius 2 is 2.00 bits per heavy atom. The summed E-state index contributed by atoms with van der Waals surface area (Å²) in [5, 5.41) is 3.30. The van der Waals surface area contributed by atoms with Crippen LogP contribution in [-0.2, 0) is 6.42 Å². The minimum absolute atomic E-state index is 0.182. The zero-order chi connectivity index (χ0) is 19.1. The van der Waals surface area contributed by atoms with Crippen molar-refractivity contribution in [2.24, 2.45) is 0 Å². The fourth-order valence-corrected chi connectivity index (χ4v) is 4.22. The number of para-hydroxylation sites is 1. The molecule has 2 aromatic carbocycles. The van der Waals surface area contributed by atoms with Gasteiger partial charge in [0.05, 0.1) is 16.5 Å². The lowest BCUT2D eigenvalue weighted by atomic mass is 10.1. The van der Waals surface area contributed by atoms with Gasteiger partial charge in [0.15, 0.2) is 10.8 Å². The summed E-state index contributed by atoms with van der Waals surface area (Å²) >= 11 is 1.35. The summed E-state index contributed by atoms with van der Waals surface area (Å²) in [4.78, 5) is 31.4. The minimum Gasteiger partial charge on any atom is -0.459 e. The second-order valence-electron chi connectivity index (χ2n) is 6.47. The van der Waals surface area contributed by atoms with E-state index in [1.54, 1.807) is 17.0 Å². The first-order chi connectivity index (χ1) is 13.7. The highest BCUT2D eigenvalue weighted by Gasteiger charge is 2.27. The molecule has 6 nitrogen and oxygen atoms in total. The highest BCUT2D eigenvalue weighted by Crippen LogP contribution is 2.32. The first-order valence-corrected chi connectivity index (χ1v) is 9.66. The van der Waals surface area contributed by atoms with E-state index >= 15 is 0 Å². The standard InChI is InChI=1S/C21H15N3O3S/c25-19(20-23-15-4-1-2-6-18(15)28-20)22-14-8-7-13-9-10-24(16(13)12-14)21(26)17-5-3-11-27-17/h1-8,11-12H,9-10H2,(H,22,25). The monoisotopic (exact) mass is 389 g/mol. The van der Waals surface area contributed by atoms with Crippen LogP contribution >= 0.6 is 11.3 Å². The molecule has 3 heterocycles. The maximum atomic E-state index is 12.7. The van der Waals surface area contributed by atoms with E-state index in [1.807, 2.05) is 42.5 Å². The summed E-state index contributed by atoms with van der Waals surface area (Å²) in [6.07, 6.45) is 2.26. The van der Waals surface area contributed by atoms with Crippen LogP contribution in [-0.4, -0.2) is 23.3 Å². The molecule has 0 aliphatic carbocycles. The fraction of sp³-hybridized carbons (Fsp3) is 0.0952. The maximum Gasteiger partial charge on any atom is 0.293 e. The number of aromatic nitrogens is 1. The van der Waals surface area contributed by atoms with E-state index in [1.165, 1.54) is 17.6 Å². The van der Waals surface area contributed by atoms with E-state index in [0.29, 0.717) is 23.0 Å². The van der Waals surface area contributed by atoms with Gasteiger partial charge in [-0.2, -0.15) is 0 Å². The van der Waals surface area contributed by atoms with E-state index in [-0.39, 0.29) is 11.8 Å². The molecule has 0 saturated carbocycles. The van der Waals surface area contributed by atoms with E-state index in [0.717, 1.165) is 27.9 Å². The highest BCUT2D eigenvalue weighted by atomic mass is 32.1. The number of hydrogen-bond donors (Lipinski definition) is 1. The number of carbonyl (C=O) groups excluding carboxylic acids is 2. The Labute approximate surface area is 164 Å². The van der Waals surface area contributed by atoms with Gasteiger partial charge in [-0.05, 0) is 48.4 Å². The summed E-state index contributed by atoms with van der Waals surface area (Å²) in [7, 11) is 0. The molecule has 0 unspecified atom stereocenters. The van der Waals surface area contributed by atoms with Crippen molar-refractivity contribution in [3.8, 4) is 0 Å². The molecule has 0 spiro atoms. The van der Waals surface area contributed by atoms with Crippen molar-refractivity contribution in [3.05, 3.63) is 77.2 Å². The molecule has 2 aromatic heterocycles. The molecule has 1 N–H and O–H groups in total. The van der Waals surface area contributed by atoms with Crippen LogP contribution in [0, 0.1) is 0 Å². The number of thiazole rings is 1. The molecule has 1 aliphatic heterocycles. The van der Waals surface area contributed by atoms with E-state index in [2.05, 4.69) is 10.3 Å². The second kappa shape index (κ2) is 6.61. The lowest BCUT2D eigenvalue weighted by Crippen LogP contribution is -2.28. The highest BCUT2D eigenvalue weighted by molar-refractivity contribution is 7.20. The van der Waals surface area contributed by atoms with Crippen molar-refractivity contribution in [1.29, 1.82) is 0 Å². The number of anilines is 2. The number of hydrogen-bond acceptors (Lipinski definition) is 5.